The Bertz CT molecular complexity index is 1410. The zero-order valence-electron chi connectivity index (χ0n) is 23.9. The number of carbonyl (C=O) groups excluding carboxylic acids is 1. The van der Waals surface area contributed by atoms with E-state index in [0.717, 1.165) is 59.3 Å². The van der Waals surface area contributed by atoms with E-state index < -0.39 is 5.60 Å². The van der Waals surface area contributed by atoms with Crippen LogP contribution in [-0.4, -0.2) is 46.4 Å². The highest BCUT2D eigenvalue weighted by Crippen LogP contribution is 2.34. The predicted octanol–water partition coefficient (Wildman–Crippen LogP) is 5.89. The third-order valence-electron chi connectivity index (χ3n) is 7.55. The van der Waals surface area contributed by atoms with Crippen LogP contribution in [0.15, 0.2) is 73.1 Å². The average molecular weight is 537 g/mol. The lowest BCUT2D eigenvalue weighted by atomic mass is 9.92. The summed E-state index contributed by atoms with van der Waals surface area (Å²) in [5.41, 5.74) is 6.90. The number of allylic oxidation sites excluding steroid dienone is 2. The number of aromatic amines is 1. The lowest BCUT2D eigenvalue weighted by molar-refractivity contribution is 0.0630. The summed E-state index contributed by atoms with van der Waals surface area (Å²) in [6, 6.07) is 13.7. The van der Waals surface area contributed by atoms with Crippen LogP contribution < -0.4 is 10.2 Å². The van der Waals surface area contributed by atoms with Crippen LogP contribution in [0.25, 0.3) is 5.57 Å². The molecule has 0 aliphatic carbocycles. The summed E-state index contributed by atoms with van der Waals surface area (Å²) < 4.78 is 0. The molecule has 0 saturated carbocycles. The normalized spacial score (nSPS) is 16.9. The summed E-state index contributed by atoms with van der Waals surface area (Å²) in [5, 5.41) is 21.2. The molecule has 0 bridgehead atoms. The maximum absolute atomic E-state index is 13.0. The van der Waals surface area contributed by atoms with Gasteiger partial charge in [0.25, 0.3) is 5.91 Å². The van der Waals surface area contributed by atoms with Gasteiger partial charge in [-0.05, 0) is 87.4 Å². The maximum Gasteiger partial charge on any atom is 0.251 e. The van der Waals surface area contributed by atoms with Crippen LogP contribution in [-0.2, 0) is 6.42 Å². The minimum absolute atomic E-state index is 0.119. The molecule has 1 aliphatic heterocycles. The van der Waals surface area contributed by atoms with Gasteiger partial charge in [-0.1, -0.05) is 54.7 Å². The monoisotopic (exact) mass is 536 g/mol. The second-order valence-corrected chi connectivity index (χ2v) is 10.7. The van der Waals surface area contributed by atoms with Crippen LogP contribution in [0.2, 0.25) is 0 Å². The summed E-state index contributed by atoms with van der Waals surface area (Å²) in [7, 11) is 0. The average Bonchev–Trinajstić information content (AvgIpc) is 3.63. The molecule has 4 rings (SSSR count). The van der Waals surface area contributed by atoms with Crippen molar-refractivity contribution in [1.82, 2.24) is 15.5 Å². The second kappa shape index (κ2) is 13.3. The maximum atomic E-state index is 13.0. The van der Waals surface area contributed by atoms with Gasteiger partial charge in [-0.2, -0.15) is 5.10 Å². The Labute approximate surface area is 238 Å². The van der Waals surface area contributed by atoms with E-state index in [0.29, 0.717) is 31.5 Å². The molecule has 1 saturated heterocycles. The van der Waals surface area contributed by atoms with Gasteiger partial charge in [0, 0.05) is 42.5 Å². The van der Waals surface area contributed by atoms with Crippen LogP contribution in [0, 0.1) is 11.8 Å². The van der Waals surface area contributed by atoms with Crippen molar-refractivity contribution in [2.45, 2.75) is 58.5 Å². The van der Waals surface area contributed by atoms with Crippen LogP contribution in [0.1, 0.15) is 79.1 Å². The molecule has 1 fully saturated rings. The number of aliphatic hydroxyl groups is 1. The molecule has 1 amide bonds. The smallest absolute Gasteiger partial charge is 0.251 e. The summed E-state index contributed by atoms with van der Waals surface area (Å²) in [6.45, 7) is 12.0. The van der Waals surface area contributed by atoms with E-state index in [2.05, 4.69) is 51.8 Å². The highest BCUT2D eigenvalue weighted by Gasteiger charge is 2.37. The summed E-state index contributed by atoms with van der Waals surface area (Å²) in [5.74, 6) is 6.49. The van der Waals surface area contributed by atoms with Crippen molar-refractivity contribution >= 4 is 17.2 Å². The number of aromatic nitrogens is 2. The van der Waals surface area contributed by atoms with Crippen LogP contribution >= 0.6 is 0 Å². The first-order valence-corrected chi connectivity index (χ1v) is 14.1. The number of amides is 1. The topological polar surface area (TPSA) is 81.2 Å². The van der Waals surface area contributed by atoms with Gasteiger partial charge in [0.15, 0.2) is 0 Å². The van der Waals surface area contributed by atoms with Gasteiger partial charge in [0.1, 0.15) is 0 Å². The molecule has 6 nitrogen and oxygen atoms in total. The second-order valence-electron chi connectivity index (χ2n) is 10.7. The molecule has 1 aromatic heterocycles. The highest BCUT2D eigenvalue weighted by atomic mass is 16.3. The molecule has 208 valence electrons. The van der Waals surface area contributed by atoms with Gasteiger partial charge >= 0.3 is 0 Å². The van der Waals surface area contributed by atoms with Crippen molar-refractivity contribution in [2.75, 3.05) is 24.5 Å². The minimum Gasteiger partial charge on any atom is -0.388 e. The van der Waals surface area contributed by atoms with E-state index in [1.54, 1.807) is 6.20 Å². The molecular formula is C34H40N4O2. The number of anilines is 1. The van der Waals surface area contributed by atoms with Crippen molar-refractivity contribution in [3.63, 3.8) is 0 Å². The van der Waals surface area contributed by atoms with Crippen molar-refractivity contribution < 1.29 is 9.90 Å². The number of nitrogens with one attached hydrogen (secondary N) is 2. The van der Waals surface area contributed by atoms with Crippen molar-refractivity contribution in [3.8, 4) is 11.8 Å². The summed E-state index contributed by atoms with van der Waals surface area (Å²) in [6.07, 6.45) is 9.77. The molecule has 1 aliphatic rings. The van der Waals surface area contributed by atoms with Gasteiger partial charge in [-0.15, -0.1) is 0 Å². The fraction of sp³-hybridized carbons (Fsp3) is 0.353. The molecular weight excluding hydrogens is 496 g/mol. The molecule has 0 spiro atoms. The van der Waals surface area contributed by atoms with Gasteiger partial charge in [-0.3, -0.25) is 9.89 Å². The number of rotatable bonds is 10. The molecule has 3 N–H and O–H groups in total. The van der Waals surface area contributed by atoms with E-state index in [1.807, 2.05) is 62.5 Å². The third-order valence-corrected chi connectivity index (χ3v) is 7.55. The first-order chi connectivity index (χ1) is 19.3. The number of H-pyrrole nitrogens is 1. The Hall–Kier alpha value is -4.08. The number of hydrogen-bond donors (Lipinski definition) is 3. The standard InChI is InChI=1S/C34H40N4O2/c1-5-26(6-2)21-34(40)17-19-38(24-34)32-16-15-31(33(39)35-18-7-8-28-22-36-37-23-28)20-30(32)14-11-27-9-12-29(13-10-27)25(3)4/h5,9-10,12-13,15-16,20,22-23,40H,3,6-8,17-19,21,24H2,1-2,4H3,(H,35,39)(H,36,37)/b26-5-. The Morgan fingerprint density at radius 3 is 2.67 bits per heavy atom. The van der Waals surface area contributed by atoms with Gasteiger partial charge in [0.2, 0.25) is 0 Å². The SMILES string of the molecule is C=C(C)c1ccc(C#Cc2cc(C(=O)NCCCc3cn[nH]c3)ccc2N2CCC(O)(C/C(=C\C)CC)C2)cc1. The number of nitrogens with zero attached hydrogens (tertiary/aromatic N) is 2. The Balaban J connectivity index is 1.55. The fourth-order valence-electron chi connectivity index (χ4n) is 5.10. The quantitative estimate of drug-likeness (QED) is 0.171. The van der Waals surface area contributed by atoms with E-state index in [4.69, 9.17) is 0 Å². The number of benzene rings is 2. The molecule has 1 unspecified atom stereocenters. The molecule has 2 aromatic carbocycles. The minimum atomic E-state index is -0.772. The molecule has 1 atom stereocenters. The molecule has 3 aromatic rings. The first-order valence-electron chi connectivity index (χ1n) is 14.1. The molecule has 2 heterocycles. The largest absolute Gasteiger partial charge is 0.388 e. The van der Waals surface area contributed by atoms with Gasteiger partial charge < -0.3 is 15.3 Å². The predicted molar refractivity (Wildman–Crippen MR) is 163 cm³/mol. The van der Waals surface area contributed by atoms with Crippen molar-refractivity contribution in [1.29, 1.82) is 0 Å². The number of hydrogen-bond acceptors (Lipinski definition) is 4. The number of β-amino-alcohol motifs (C(OH)–C–C–N with tert-alkyl or cyclic N) is 1. The fourth-order valence-corrected chi connectivity index (χ4v) is 5.10. The van der Waals surface area contributed by atoms with E-state index in [-0.39, 0.29) is 5.91 Å². The lowest BCUT2D eigenvalue weighted by Crippen LogP contribution is -2.34. The Morgan fingerprint density at radius 2 is 2.00 bits per heavy atom. The number of carbonyl (C=O) groups is 1. The zero-order chi connectivity index (χ0) is 28.5. The van der Waals surface area contributed by atoms with Crippen LogP contribution in [0.3, 0.4) is 0 Å². The summed E-state index contributed by atoms with van der Waals surface area (Å²) in [4.78, 5) is 15.2. The third kappa shape index (κ3) is 7.52. The molecule has 6 heteroatoms. The van der Waals surface area contributed by atoms with E-state index in [9.17, 15) is 9.90 Å². The van der Waals surface area contributed by atoms with E-state index in [1.165, 1.54) is 5.57 Å². The van der Waals surface area contributed by atoms with Crippen LogP contribution in [0.4, 0.5) is 5.69 Å². The van der Waals surface area contributed by atoms with Crippen LogP contribution in [0.5, 0.6) is 0 Å². The number of aryl methyl sites for hydroxylation is 1. The van der Waals surface area contributed by atoms with Crippen molar-refractivity contribution in [3.05, 3.63) is 101 Å². The van der Waals surface area contributed by atoms with Gasteiger partial charge in [0.05, 0.1) is 17.5 Å². The lowest BCUT2D eigenvalue weighted by Gasteiger charge is -2.26. The molecule has 40 heavy (non-hydrogen) atoms. The Morgan fingerprint density at radius 1 is 1.23 bits per heavy atom. The molecule has 0 radical (unpaired) electrons. The first kappa shape index (κ1) is 28.9. The highest BCUT2D eigenvalue weighted by molar-refractivity contribution is 5.95. The van der Waals surface area contributed by atoms with E-state index >= 15 is 0 Å². The summed E-state index contributed by atoms with van der Waals surface area (Å²) >= 11 is 0. The van der Waals surface area contributed by atoms with Gasteiger partial charge in [-0.25, -0.2) is 0 Å². The van der Waals surface area contributed by atoms with Crippen molar-refractivity contribution in [2.24, 2.45) is 0 Å². The Kier molecular flexibility index (Phi) is 9.63. The zero-order valence-corrected chi connectivity index (χ0v) is 23.9.